The van der Waals surface area contributed by atoms with Crippen LogP contribution in [0.25, 0.3) is 0 Å². The van der Waals surface area contributed by atoms with Gasteiger partial charge in [-0.3, -0.25) is 14.4 Å². The largest absolute Gasteiger partial charge is 0.494 e. The van der Waals surface area contributed by atoms with Crippen LogP contribution in [0.3, 0.4) is 0 Å². The molecule has 1 aromatic rings. The van der Waals surface area contributed by atoms with Crippen LogP contribution >= 0.6 is 0 Å². The van der Waals surface area contributed by atoms with Crippen molar-refractivity contribution in [2.75, 3.05) is 37.7 Å². The molecule has 0 spiro atoms. The number of hydrogen-bond acceptors (Lipinski definition) is 4. The number of hydrogen-bond donors (Lipinski definition) is 1. The molecule has 3 amide bonds. The Hall–Kier alpha value is -2.41. The number of amides is 3. The lowest BCUT2D eigenvalue weighted by atomic mass is 9.92. The second-order valence-corrected chi connectivity index (χ2v) is 8.63. The van der Waals surface area contributed by atoms with E-state index in [-0.39, 0.29) is 24.3 Å². The smallest absolute Gasteiger partial charge is 0.292 e. The highest BCUT2D eigenvalue weighted by Crippen LogP contribution is 2.25. The van der Waals surface area contributed by atoms with Crippen LogP contribution < -0.4 is 14.5 Å². The van der Waals surface area contributed by atoms with Crippen molar-refractivity contribution in [1.29, 1.82) is 0 Å². The predicted molar refractivity (Wildman–Crippen MR) is 112 cm³/mol. The summed E-state index contributed by atoms with van der Waals surface area (Å²) < 4.78 is 5.45. The topological polar surface area (TPSA) is 71.4 Å². The highest BCUT2D eigenvalue weighted by atomic mass is 16.5. The first-order valence-electron chi connectivity index (χ1n) is 11.3. The van der Waals surface area contributed by atoms with Gasteiger partial charge in [0.25, 0.3) is 5.91 Å². The van der Waals surface area contributed by atoms with Crippen molar-refractivity contribution in [3.8, 4) is 5.75 Å². The lowest BCUT2D eigenvalue weighted by Crippen LogP contribution is -3.17. The summed E-state index contributed by atoms with van der Waals surface area (Å²) in [7, 11) is 0. The van der Waals surface area contributed by atoms with Crippen LogP contribution in [-0.4, -0.2) is 61.4 Å². The van der Waals surface area contributed by atoms with Gasteiger partial charge in [0.05, 0.1) is 31.8 Å². The highest BCUT2D eigenvalue weighted by Gasteiger charge is 2.46. The molecule has 0 saturated carbocycles. The number of quaternary nitrogens is 1. The molecule has 3 aliphatic rings. The number of nitrogens with zero attached hydrogens (tertiary/aromatic N) is 2. The minimum absolute atomic E-state index is 0.0831. The molecule has 1 atom stereocenters. The molecule has 0 aromatic heterocycles. The number of carbonyl (C=O) groups excluding carboxylic acids is 3. The number of nitrogens with one attached hydrogen (secondary N) is 1. The average Bonchev–Trinajstić information content (AvgIpc) is 3.30. The Kier molecular flexibility index (Phi) is 6.37. The first-order valence-corrected chi connectivity index (χ1v) is 11.3. The molecule has 7 nitrogen and oxygen atoms in total. The molecular formula is C23H32N3O4+. The monoisotopic (exact) mass is 414 g/mol. The molecule has 7 heteroatoms. The van der Waals surface area contributed by atoms with Crippen LogP contribution in [0.2, 0.25) is 0 Å². The number of ether oxygens (including phenoxy) is 1. The van der Waals surface area contributed by atoms with E-state index in [1.807, 2.05) is 11.8 Å². The third kappa shape index (κ3) is 4.36. The number of benzene rings is 1. The molecular weight excluding hydrogens is 382 g/mol. The molecule has 0 radical (unpaired) electrons. The first kappa shape index (κ1) is 20.8. The maximum atomic E-state index is 13.1. The summed E-state index contributed by atoms with van der Waals surface area (Å²) in [6, 6.07) is 6.89. The van der Waals surface area contributed by atoms with Crippen LogP contribution in [-0.2, 0) is 14.4 Å². The molecule has 0 unspecified atom stereocenters. The van der Waals surface area contributed by atoms with E-state index in [2.05, 4.69) is 0 Å². The number of imide groups is 1. The molecule has 3 saturated heterocycles. The van der Waals surface area contributed by atoms with E-state index in [4.69, 9.17) is 4.74 Å². The molecule has 1 aromatic carbocycles. The van der Waals surface area contributed by atoms with E-state index >= 15 is 0 Å². The summed E-state index contributed by atoms with van der Waals surface area (Å²) in [5.41, 5.74) is 0.625. The molecule has 30 heavy (non-hydrogen) atoms. The van der Waals surface area contributed by atoms with E-state index in [9.17, 15) is 14.4 Å². The number of rotatable bonds is 7. The Bertz CT molecular complexity index is 786. The molecule has 4 rings (SSSR count). The Morgan fingerprint density at radius 2 is 1.80 bits per heavy atom. The summed E-state index contributed by atoms with van der Waals surface area (Å²) in [5, 5.41) is 0. The van der Waals surface area contributed by atoms with Gasteiger partial charge < -0.3 is 14.5 Å². The van der Waals surface area contributed by atoms with E-state index in [0.717, 1.165) is 57.6 Å². The second kappa shape index (κ2) is 9.16. The van der Waals surface area contributed by atoms with Gasteiger partial charge in [0.2, 0.25) is 11.8 Å². The quantitative estimate of drug-likeness (QED) is 0.677. The maximum absolute atomic E-state index is 13.1. The zero-order chi connectivity index (χ0) is 21.1. The third-order valence-electron chi connectivity index (χ3n) is 6.77. The second-order valence-electron chi connectivity index (χ2n) is 8.63. The SMILES string of the molecule is CCOc1ccc(N2C(=O)C[C@@H]([NH+]3CCC(CCN4CCCC4=O)CC3)C2=O)cc1. The van der Waals surface area contributed by atoms with E-state index in [1.54, 1.807) is 24.3 Å². The average molecular weight is 415 g/mol. The minimum Gasteiger partial charge on any atom is -0.494 e. The van der Waals surface area contributed by atoms with Gasteiger partial charge >= 0.3 is 0 Å². The minimum atomic E-state index is -0.273. The van der Waals surface area contributed by atoms with Gasteiger partial charge in [-0.15, -0.1) is 0 Å². The zero-order valence-electron chi connectivity index (χ0n) is 17.8. The highest BCUT2D eigenvalue weighted by molar-refractivity contribution is 6.21. The molecule has 1 N–H and O–H groups in total. The fourth-order valence-corrected chi connectivity index (χ4v) is 5.04. The van der Waals surface area contributed by atoms with Gasteiger partial charge in [-0.25, -0.2) is 4.90 Å². The number of carbonyl (C=O) groups is 3. The first-order chi connectivity index (χ1) is 14.6. The fraction of sp³-hybridized carbons (Fsp3) is 0.609. The summed E-state index contributed by atoms with van der Waals surface area (Å²) in [5.74, 6) is 1.44. The van der Waals surface area contributed by atoms with Crippen molar-refractivity contribution < 1.29 is 24.0 Å². The van der Waals surface area contributed by atoms with Crippen molar-refractivity contribution >= 4 is 23.4 Å². The van der Waals surface area contributed by atoms with Crippen molar-refractivity contribution in [3.05, 3.63) is 24.3 Å². The zero-order valence-corrected chi connectivity index (χ0v) is 17.8. The maximum Gasteiger partial charge on any atom is 0.292 e. The molecule has 3 fully saturated rings. The van der Waals surface area contributed by atoms with Crippen molar-refractivity contribution in [1.82, 2.24) is 4.90 Å². The fourth-order valence-electron chi connectivity index (χ4n) is 5.04. The summed E-state index contributed by atoms with van der Waals surface area (Å²) in [6.45, 7) is 6.10. The Morgan fingerprint density at radius 1 is 1.07 bits per heavy atom. The van der Waals surface area contributed by atoms with E-state index < -0.39 is 0 Å². The third-order valence-corrected chi connectivity index (χ3v) is 6.77. The van der Waals surface area contributed by atoms with Crippen molar-refractivity contribution in [3.63, 3.8) is 0 Å². The molecule has 3 heterocycles. The Labute approximate surface area is 177 Å². The van der Waals surface area contributed by atoms with Gasteiger partial charge in [0.1, 0.15) is 5.75 Å². The van der Waals surface area contributed by atoms with E-state index in [0.29, 0.717) is 30.5 Å². The van der Waals surface area contributed by atoms with Crippen molar-refractivity contribution in [2.24, 2.45) is 5.92 Å². The van der Waals surface area contributed by atoms with Gasteiger partial charge in [0, 0.05) is 19.5 Å². The standard InChI is InChI=1S/C23H31N3O4/c1-2-30-19-7-5-18(6-8-19)26-22(28)16-20(23(26)29)24-13-9-17(10-14-24)11-15-25-12-3-4-21(25)27/h5-8,17,20H,2-4,9-16H2,1H3/p+1/t20-/m1/s1. The molecule has 0 aliphatic carbocycles. The Balaban J connectivity index is 1.30. The Morgan fingerprint density at radius 3 is 2.43 bits per heavy atom. The number of likely N-dealkylation sites (tertiary alicyclic amines) is 2. The predicted octanol–water partition coefficient (Wildman–Crippen LogP) is 1.02. The van der Waals surface area contributed by atoms with Gasteiger partial charge in [-0.05, 0) is 62.8 Å². The summed E-state index contributed by atoms with van der Waals surface area (Å²) in [4.78, 5) is 42.0. The van der Waals surface area contributed by atoms with Gasteiger partial charge in [-0.1, -0.05) is 0 Å². The van der Waals surface area contributed by atoms with Crippen LogP contribution in [0.1, 0.15) is 45.4 Å². The summed E-state index contributed by atoms with van der Waals surface area (Å²) >= 11 is 0. The van der Waals surface area contributed by atoms with Gasteiger partial charge in [-0.2, -0.15) is 0 Å². The lowest BCUT2D eigenvalue weighted by molar-refractivity contribution is -0.920. The van der Waals surface area contributed by atoms with Crippen LogP contribution in [0.5, 0.6) is 5.75 Å². The van der Waals surface area contributed by atoms with Crippen LogP contribution in [0.15, 0.2) is 24.3 Å². The number of anilines is 1. The van der Waals surface area contributed by atoms with E-state index in [1.165, 1.54) is 9.80 Å². The van der Waals surface area contributed by atoms with Crippen LogP contribution in [0, 0.1) is 5.92 Å². The lowest BCUT2D eigenvalue weighted by Gasteiger charge is -2.32. The van der Waals surface area contributed by atoms with Crippen LogP contribution in [0.4, 0.5) is 5.69 Å². The van der Waals surface area contributed by atoms with Crippen molar-refractivity contribution in [2.45, 2.75) is 51.5 Å². The molecule has 3 aliphatic heterocycles. The molecule has 0 bridgehead atoms. The van der Waals surface area contributed by atoms with Gasteiger partial charge in [0.15, 0.2) is 6.04 Å². The molecule has 162 valence electrons. The number of piperidine rings is 1. The summed E-state index contributed by atoms with van der Waals surface area (Å²) in [6.07, 6.45) is 5.13. The normalized spacial score (nSPS) is 27.2.